The summed E-state index contributed by atoms with van der Waals surface area (Å²) in [5.74, 6) is -0.315. The van der Waals surface area contributed by atoms with Crippen LogP contribution in [0, 0.1) is 0 Å². The van der Waals surface area contributed by atoms with Crippen LogP contribution in [0.2, 0.25) is 0 Å². The van der Waals surface area contributed by atoms with Crippen LogP contribution in [0.3, 0.4) is 0 Å². The molecule has 0 radical (unpaired) electrons. The van der Waals surface area contributed by atoms with E-state index in [-0.39, 0.29) is 12.1 Å². The fourth-order valence-corrected chi connectivity index (χ4v) is 0.315. The summed E-state index contributed by atoms with van der Waals surface area (Å²) in [6, 6.07) is 0. The minimum atomic E-state index is -2.87. The molecule has 0 spiro atoms. The highest BCUT2D eigenvalue weighted by atomic mass is 31.1. The van der Waals surface area contributed by atoms with Gasteiger partial charge in [-0.1, -0.05) is 6.58 Å². The second kappa shape index (κ2) is 7.86. The maximum atomic E-state index is 10.6. The standard InChI is InChI=1S/C7H12O2.HO3P/c1-5(2)7(8)9-6(3)4;1-4(2)3/h6H,1H2,2-4H3;(H-,1,2,3)/p+1. The average Bonchev–Trinajstić information content (AvgIpc) is 1.83. The first-order chi connectivity index (χ1) is 5.77. The molecule has 0 saturated carbocycles. The lowest BCUT2D eigenvalue weighted by molar-refractivity contribution is -0.142. The highest BCUT2D eigenvalue weighted by molar-refractivity contribution is 7.30. The van der Waals surface area contributed by atoms with Gasteiger partial charge < -0.3 is 4.74 Å². The topological polar surface area (TPSA) is 83.8 Å². The second-order valence-electron chi connectivity index (χ2n) is 2.49. The molecule has 0 bridgehead atoms. The van der Waals surface area contributed by atoms with Crippen molar-refractivity contribution in [1.29, 1.82) is 0 Å². The summed E-state index contributed by atoms with van der Waals surface area (Å²) in [5.41, 5.74) is 0.448. The SMILES string of the molecule is C=C(C)C(=O)OC(C)C.O=[P+](O)O. The van der Waals surface area contributed by atoms with Crippen molar-refractivity contribution in [3.63, 3.8) is 0 Å². The zero-order chi connectivity index (χ0) is 11.0. The largest absolute Gasteiger partial charge is 0.692 e. The van der Waals surface area contributed by atoms with E-state index in [1.165, 1.54) is 0 Å². The van der Waals surface area contributed by atoms with Gasteiger partial charge in [0.25, 0.3) is 0 Å². The summed E-state index contributed by atoms with van der Waals surface area (Å²) in [5, 5.41) is 0. The Labute approximate surface area is 78.0 Å². The number of esters is 1. The van der Waals surface area contributed by atoms with Gasteiger partial charge >= 0.3 is 14.2 Å². The molecule has 0 aromatic heterocycles. The number of carbonyl (C=O) groups excluding carboxylic acids is 1. The molecule has 0 saturated heterocycles. The molecule has 6 heteroatoms. The van der Waals surface area contributed by atoms with E-state index in [1.807, 2.05) is 0 Å². The molecule has 0 aliphatic carbocycles. The van der Waals surface area contributed by atoms with Crippen LogP contribution >= 0.6 is 8.25 Å². The molecule has 0 unspecified atom stereocenters. The van der Waals surface area contributed by atoms with Gasteiger partial charge in [0.15, 0.2) is 0 Å². The van der Waals surface area contributed by atoms with Crippen LogP contribution in [-0.2, 0) is 14.1 Å². The van der Waals surface area contributed by atoms with E-state index in [2.05, 4.69) is 6.58 Å². The fraction of sp³-hybridized carbons (Fsp3) is 0.571. The molecule has 13 heavy (non-hydrogen) atoms. The van der Waals surface area contributed by atoms with Gasteiger partial charge in [0.05, 0.1) is 6.10 Å². The molecule has 0 aliphatic rings. The van der Waals surface area contributed by atoms with Gasteiger partial charge in [0.2, 0.25) is 0 Å². The Hall–Kier alpha value is -0.770. The quantitative estimate of drug-likeness (QED) is 0.404. The molecule has 0 aromatic rings. The molecular formula is C7H14O5P+. The second-order valence-corrected chi connectivity index (χ2v) is 2.99. The highest BCUT2D eigenvalue weighted by Crippen LogP contribution is 1.98. The first-order valence-electron chi connectivity index (χ1n) is 3.48. The third-order valence-electron chi connectivity index (χ3n) is 0.691. The van der Waals surface area contributed by atoms with Crippen LogP contribution < -0.4 is 0 Å². The van der Waals surface area contributed by atoms with E-state index < -0.39 is 8.25 Å². The van der Waals surface area contributed by atoms with E-state index >= 15 is 0 Å². The molecule has 0 aliphatic heterocycles. The first kappa shape index (κ1) is 14.7. The summed E-state index contributed by atoms with van der Waals surface area (Å²) in [6.07, 6.45) is -0.0470. The molecule has 2 N–H and O–H groups in total. The summed E-state index contributed by atoms with van der Waals surface area (Å²) >= 11 is 0. The summed E-state index contributed by atoms with van der Waals surface area (Å²) < 4.78 is 13.5. The van der Waals surface area contributed by atoms with Crippen molar-refractivity contribution in [3.8, 4) is 0 Å². The lowest BCUT2D eigenvalue weighted by Gasteiger charge is -2.05. The van der Waals surface area contributed by atoms with E-state index in [1.54, 1.807) is 20.8 Å². The van der Waals surface area contributed by atoms with Gasteiger partial charge in [0, 0.05) is 10.1 Å². The van der Waals surface area contributed by atoms with E-state index in [0.717, 1.165) is 0 Å². The monoisotopic (exact) mass is 209 g/mol. The predicted molar refractivity (Wildman–Crippen MR) is 48.1 cm³/mol. The molecule has 0 aromatic carbocycles. The minimum absolute atomic E-state index is 0.0470. The molecule has 0 heterocycles. The number of ether oxygens (including phenoxy) is 1. The number of carbonyl (C=O) groups is 1. The molecule has 76 valence electrons. The molecule has 0 atom stereocenters. The normalized spacial score (nSPS) is 8.46. The molecular weight excluding hydrogens is 195 g/mol. The van der Waals surface area contributed by atoms with Crippen LogP contribution in [0.5, 0.6) is 0 Å². The van der Waals surface area contributed by atoms with Crippen molar-refractivity contribution >= 4 is 14.2 Å². The Bertz CT molecular complexity index is 195. The van der Waals surface area contributed by atoms with E-state index in [9.17, 15) is 4.79 Å². The van der Waals surface area contributed by atoms with Crippen molar-refractivity contribution in [3.05, 3.63) is 12.2 Å². The maximum absolute atomic E-state index is 10.6. The van der Waals surface area contributed by atoms with Gasteiger partial charge in [-0.3, -0.25) is 0 Å². The van der Waals surface area contributed by atoms with Gasteiger partial charge in [-0.15, -0.1) is 9.79 Å². The molecule has 0 fully saturated rings. The molecule has 5 nitrogen and oxygen atoms in total. The van der Waals surface area contributed by atoms with Crippen molar-refractivity contribution < 1.29 is 23.9 Å². The molecule has 0 amide bonds. The Morgan fingerprint density at radius 2 is 1.77 bits per heavy atom. The summed E-state index contributed by atoms with van der Waals surface area (Å²) in [4.78, 5) is 24.9. The summed E-state index contributed by atoms with van der Waals surface area (Å²) in [7, 11) is -2.87. The Morgan fingerprint density at radius 1 is 1.46 bits per heavy atom. The number of hydrogen-bond donors (Lipinski definition) is 2. The van der Waals surface area contributed by atoms with Crippen molar-refractivity contribution in [2.45, 2.75) is 26.9 Å². The Balaban J connectivity index is 0. The molecule has 0 rings (SSSR count). The van der Waals surface area contributed by atoms with E-state index in [4.69, 9.17) is 19.1 Å². The van der Waals surface area contributed by atoms with Gasteiger partial charge in [-0.05, 0) is 20.8 Å². The smallest absolute Gasteiger partial charge is 0.460 e. The summed E-state index contributed by atoms with van der Waals surface area (Å²) in [6.45, 7) is 8.68. The number of rotatable bonds is 2. The highest BCUT2D eigenvalue weighted by Gasteiger charge is 2.03. The first-order valence-corrected chi connectivity index (χ1v) is 4.65. The average molecular weight is 209 g/mol. The van der Waals surface area contributed by atoms with Crippen molar-refractivity contribution in [2.24, 2.45) is 0 Å². The van der Waals surface area contributed by atoms with Gasteiger partial charge in [-0.2, -0.15) is 0 Å². The van der Waals surface area contributed by atoms with Crippen LogP contribution in [0.25, 0.3) is 0 Å². The van der Waals surface area contributed by atoms with Crippen LogP contribution in [0.15, 0.2) is 12.2 Å². The lowest BCUT2D eigenvalue weighted by atomic mass is 10.3. The van der Waals surface area contributed by atoms with Gasteiger partial charge in [0.1, 0.15) is 0 Å². The third-order valence-corrected chi connectivity index (χ3v) is 0.691. The maximum Gasteiger partial charge on any atom is 0.692 e. The minimum Gasteiger partial charge on any atom is -0.460 e. The zero-order valence-electron chi connectivity index (χ0n) is 7.85. The van der Waals surface area contributed by atoms with Crippen LogP contribution in [-0.4, -0.2) is 21.9 Å². The fourth-order valence-electron chi connectivity index (χ4n) is 0.315. The van der Waals surface area contributed by atoms with Crippen LogP contribution in [0.1, 0.15) is 20.8 Å². The van der Waals surface area contributed by atoms with Gasteiger partial charge in [-0.25, -0.2) is 4.79 Å². The predicted octanol–water partition coefficient (Wildman–Crippen LogP) is 1.14. The van der Waals surface area contributed by atoms with E-state index in [0.29, 0.717) is 5.57 Å². The Kier molecular flexibility index (Phi) is 8.91. The van der Waals surface area contributed by atoms with Crippen LogP contribution in [0.4, 0.5) is 0 Å². The zero-order valence-corrected chi connectivity index (χ0v) is 8.75. The Morgan fingerprint density at radius 3 is 1.85 bits per heavy atom. The van der Waals surface area contributed by atoms with Crippen molar-refractivity contribution in [2.75, 3.05) is 0 Å². The lowest BCUT2D eigenvalue weighted by Crippen LogP contribution is -2.11. The third kappa shape index (κ3) is 18.3. The van der Waals surface area contributed by atoms with Crippen molar-refractivity contribution in [1.82, 2.24) is 0 Å². The number of hydrogen-bond acceptors (Lipinski definition) is 3.